The Morgan fingerprint density at radius 2 is 1.91 bits per heavy atom. The minimum atomic E-state index is -1.26. The first kappa shape index (κ1) is 28.0. The van der Waals surface area contributed by atoms with Gasteiger partial charge in [0.05, 0.1) is 13.7 Å². The summed E-state index contributed by atoms with van der Waals surface area (Å²) in [7, 11) is 1.41. The summed E-state index contributed by atoms with van der Waals surface area (Å²) in [5, 5.41) is 41.3. The molecule has 12 nitrogen and oxygen atoms in total. The van der Waals surface area contributed by atoms with E-state index >= 15 is 0 Å². The highest BCUT2D eigenvalue weighted by atomic mass is 32.2. The zero-order valence-corrected chi connectivity index (χ0v) is 18.8. The molecule has 8 N–H and O–H groups in total. The Labute approximate surface area is 194 Å². The molecular formula is C20H29N3O9S. The van der Waals surface area contributed by atoms with E-state index in [-0.39, 0.29) is 42.0 Å². The standard InChI is InChI=1S/C20H29N3O9S/c1-32-16-7-11(2-4-15(16)25)6-12(9-24)33-10-14(19(29)22-8-18(27)28)23-17(26)5-3-13(21)20(30)31/h2,4,7,12-14,24-25H,3,5-6,8-10,21H2,1H3,(H,22,29)(H,23,26)(H,27,28)(H,30,31). The smallest absolute Gasteiger partial charge is 0.322 e. The van der Waals surface area contributed by atoms with Gasteiger partial charge in [-0.25, -0.2) is 0 Å². The molecule has 1 aromatic carbocycles. The molecule has 0 aliphatic rings. The number of aliphatic carboxylic acids is 2. The van der Waals surface area contributed by atoms with E-state index < -0.39 is 42.4 Å². The molecule has 0 heterocycles. The predicted octanol–water partition coefficient (Wildman–Crippen LogP) is -1.08. The van der Waals surface area contributed by atoms with Crippen molar-refractivity contribution < 1.29 is 44.3 Å². The Balaban J connectivity index is 2.79. The Bertz CT molecular complexity index is 837. The monoisotopic (exact) mass is 487 g/mol. The average molecular weight is 488 g/mol. The van der Waals surface area contributed by atoms with Crippen LogP contribution in [0.1, 0.15) is 18.4 Å². The minimum absolute atomic E-state index is 0.0165. The van der Waals surface area contributed by atoms with Gasteiger partial charge >= 0.3 is 11.9 Å². The second-order valence-corrected chi connectivity index (χ2v) is 8.40. The van der Waals surface area contributed by atoms with Gasteiger partial charge in [-0.3, -0.25) is 19.2 Å². The van der Waals surface area contributed by atoms with Gasteiger partial charge in [-0.2, -0.15) is 11.8 Å². The molecule has 184 valence electrons. The van der Waals surface area contributed by atoms with Crippen molar-refractivity contribution in [2.75, 3.05) is 26.0 Å². The highest BCUT2D eigenvalue weighted by Gasteiger charge is 2.24. The molecule has 1 rings (SSSR count). The molecule has 0 aliphatic carbocycles. The van der Waals surface area contributed by atoms with Crippen molar-refractivity contribution in [1.82, 2.24) is 10.6 Å². The number of phenols is 1. The second-order valence-electron chi connectivity index (χ2n) is 7.06. The maximum Gasteiger partial charge on any atom is 0.322 e. The van der Waals surface area contributed by atoms with Crippen LogP contribution in [0.2, 0.25) is 0 Å². The van der Waals surface area contributed by atoms with Crippen molar-refractivity contribution >= 4 is 35.5 Å². The molecule has 0 saturated heterocycles. The van der Waals surface area contributed by atoms with E-state index in [9.17, 15) is 29.4 Å². The molecule has 2 amide bonds. The highest BCUT2D eigenvalue weighted by Crippen LogP contribution is 2.28. The van der Waals surface area contributed by atoms with E-state index in [0.717, 1.165) is 5.56 Å². The topological polar surface area (TPSA) is 209 Å². The van der Waals surface area contributed by atoms with Gasteiger partial charge in [-0.05, 0) is 30.5 Å². The van der Waals surface area contributed by atoms with Crippen LogP contribution in [0.15, 0.2) is 18.2 Å². The number of hydrogen-bond donors (Lipinski definition) is 7. The third-order valence-corrected chi connectivity index (χ3v) is 5.79. The van der Waals surface area contributed by atoms with Gasteiger partial charge in [-0.15, -0.1) is 0 Å². The van der Waals surface area contributed by atoms with E-state index in [2.05, 4.69) is 10.6 Å². The summed E-state index contributed by atoms with van der Waals surface area (Å²) < 4.78 is 5.06. The summed E-state index contributed by atoms with van der Waals surface area (Å²) >= 11 is 1.18. The minimum Gasteiger partial charge on any atom is -0.504 e. The van der Waals surface area contributed by atoms with E-state index in [1.807, 2.05) is 0 Å². The summed E-state index contributed by atoms with van der Waals surface area (Å²) in [6.45, 7) is -0.894. The van der Waals surface area contributed by atoms with E-state index in [0.29, 0.717) is 6.42 Å². The van der Waals surface area contributed by atoms with Crippen LogP contribution in [0.5, 0.6) is 11.5 Å². The number of nitrogens with one attached hydrogen (secondary N) is 2. The number of carbonyl (C=O) groups is 4. The number of phenolic OH excluding ortho intramolecular Hbond substituents is 1. The van der Waals surface area contributed by atoms with Crippen LogP contribution < -0.4 is 21.1 Å². The number of aliphatic hydroxyl groups excluding tert-OH is 1. The van der Waals surface area contributed by atoms with Gasteiger partial charge < -0.3 is 41.5 Å². The van der Waals surface area contributed by atoms with Crippen molar-refractivity contribution in [3.8, 4) is 11.5 Å². The van der Waals surface area contributed by atoms with Crippen molar-refractivity contribution in [1.29, 1.82) is 0 Å². The molecule has 3 atom stereocenters. The number of benzene rings is 1. The van der Waals surface area contributed by atoms with Gasteiger partial charge in [0.2, 0.25) is 11.8 Å². The molecule has 13 heteroatoms. The van der Waals surface area contributed by atoms with E-state index in [1.54, 1.807) is 12.1 Å². The first-order valence-electron chi connectivity index (χ1n) is 9.92. The Kier molecular flexibility index (Phi) is 12.0. The van der Waals surface area contributed by atoms with Gasteiger partial charge in [0.25, 0.3) is 0 Å². The molecular weight excluding hydrogens is 458 g/mol. The predicted molar refractivity (Wildman–Crippen MR) is 119 cm³/mol. The SMILES string of the molecule is COc1cc(CC(CO)SCC(NC(=O)CCC(N)C(=O)O)C(=O)NCC(=O)O)ccc1O. The third kappa shape index (κ3) is 10.4. The van der Waals surface area contributed by atoms with Crippen molar-refractivity contribution in [2.45, 2.75) is 36.6 Å². The quantitative estimate of drug-likeness (QED) is 0.158. The van der Waals surface area contributed by atoms with Crippen LogP contribution >= 0.6 is 11.8 Å². The third-order valence-electron chi connectivity index (χ3n) is 4.47. The summed E-state index contributed by atoms with van der Waals surface area (Å²) in [5.74, 6) is -3.62. The summed E-state index contributed by atoms with van der Waals surface area (Å²) in [6, 6.07) is 2.38. The number of carboxylic acid groups (broad SMARTS) is 2. The van der Waals surface area contributed by atoms with Gasteiger partial charge in [0.1, 0.15) is 18.6 Å². The van der Waals surface area contributed by atoms with Crippen LogP contribution in [0.25, 0.3) is 0 Å². The molecule has 0 spiro atoms. The van der Waals surface area contributed by atoms with Crippen molar-refractivity contribution in [3.05, 3.63) is 23.8 Å². The number of hydrogen-bond acceptors (Lipinski definition) is 9. The van der Waals surface area contributed by atoms with E-state index in [1.165, 1.54) is 24.9 Å². The fraction of sp³-hybridized carbons (Fsp3) is 0.500. The second kappa shape index (κ2) is 14.2. The Hall–Kier alpha value is -3.03. The molecule has 0 bridgehead atoms. The maximum atomic E-state index is 12.4. The zero-order valence-electron chi connectivity index (χ0n) is 18.0. The average Bonchev–Trinajstić information content (AvgIpc) is 2.78. The number of nitrogens with two attached hydrogens (primary N) is 1. The highest BCUT2D eigenvalue weighted by molar-refractivity contribution is 8.00. The first-order chi connectivity index (χ1) is 15.6. The fourth-order valence-electron chi connectivity index (χ4n) is 2.67. The summed E-state index contributed by atoms with van der Waals surface area (Å²) in [4.78, 5) is 46.1. The number of ether oxygens (including phenoxy) is 1. The lowest BCUT2D eigenvalue weighted by molar-refractivity contribution is -0.139. The molecule has 0 fully saturated rings. The molecule has 3 unspecified atom stereocenters. The normalized spacial score (nSPS) is 13.4. The van der Waals surface area contributed by atoms with Crippen LogP contribution in [0.3, 0.4) is 0 Å². The van der Waals surface area contributed by atoms with Gasteiger partial charge in [0.15, 0.2) is 11.5 Å². The molecule has 0 radical (unpaired) electrons. The molecule has 33 heavy (non-hydrogen) atoms. The maximum absolute atomic E-state index is 12.4. The summed E-state index contributed by atoms with van der Waals surface area (Å²) in [5.41, 5.74) is 6.13. The van der Waals surface area contributed by atoms with Crippen LogP contribution in [0.4, 0.5) is 0 Å². The van der Waals surface area contributed by atoms with Gasteiger partial charge in [-0.1, -0.05) is 6.07 Å². The number of carboxylic acids is 2. The number of thioether (sulfide) groups is 1. The lowest BCUT2D eigenvalue weighted by Gasteiger charge is -2.21. The Morgan fingerprint density at radius 1 is 1.21 bits per heavy atom. The molecule has 1 aromatic rings. The molecule has 0 aliphatic heterocycles. The Morgan fingerprint density at radius 3 is 2.48 bits per heavy atom. The van der Waals surface area contributed by atoms with Crippen molar-refractivity contribution in [3.63, 3.8) is 0 Å². The fourth-order valence-corrected chi connectivity index (χ4v) is 3.78. The largest absolute Gasteiger partial charge is 0.504 e. The lowest BCUT2D eigenvalue weighted by Crippen LogP contribution is -2.49. The van der Waals surface area contributed by atoms with Crippen LogP contribution in [-0.2, 0) is 25.6 Å². The number of aromatic hydroxyl groups is 1. The molecule has 0 aromatic heterocycles. The first-order valence-corrected chi connectivity index (χ1v) is 11.0. The number of aliphatic hydroxyl groups is 1. The number of methoxy groups -OCH3 is 1. The van der Waals surface area contributed by atoms with Crippen molar-refractivity contribution in [2.24, 2.45) is 5.73 Å². The summed E-state index contributed by atoms with van der Waals surface area (Å²) in [6.07, 6.45) is -0.0139. The zero-order chi connectivity index (χ0) is 25.0. The van der Waals surface area contributed by atoms with E-state index in [4.69, 9.17) is 20.7 Å². The lowest BCUT2D eigenvalue weighted by atomic mass is 10.1. The van der Waals surface area contributed by atoms with Gasteiger partial charge in [0, 0.05) is 17.4 Å². The van der Waals surface area contributed by atoms with Crippen LogP contribution in [-0.4, -0.2) is 87.5 Å². The number of carbonyl (C=O) groups excluding carboxylic acids is 2. The number of amides is 2. The number of rotatable bonds is 15. The van der Waals surface area contributed by atoms with Crippen LogP contribution in [0, 0.1) is 0 Å². The molecule has 0 saturated carbocycles.